The number of hydrazine groups is 1. The van der Waals surface area contributed by atoms with Gasteiger partial charge in [0.1, 0.15) is 30.7 Å². The zero-order chi connectivity index (χ0) is 26.1. The Bertz CT molecular complexity index is 1020. The topological polar surface area (TPSA) is 116 Å². The molecule has 1 saturated heterocycles. The predicted molar refractivity (Wildman–Crippen MR) is 101 cm³/mol. The molecule has 0 spiro atoms. The lowest BCUT2D eigenvalue weighted by atomic mass is 9.97. The summed E-state index contributed by atoms with van der Waals surface area (Å²) in [6.07, 6.45) is -14.6. The minimum atomic E-state index is -5.09. The fourth-order valence-corrected chi connectivity index (χ4v) is 3.19. The quantitative estimate of drug-likeness (QED) is 0.147. The molecule has 2 heterocycles. The Kier molecular flexibility index (Phi) is 7.23. The second kappa shape index (κ2) is 9.67. The molecule has 0 bridgehead atoms. The maximum Gasteiger partial charge on any atom is 0.573 e. The van der Waals surface area contributed by atoms with Crippen molar-refractivity contribution < 1.29 is 60.3 Å². The molecule has 0 saturated carbocycles. The van der Waals surface area contributed by atoms with Gasteiger partial charge in [-0.05, 0) is 30.2 Å². The number of carbonyl (C=O) groups excluding carboxylic acids is 1. The predicted octanol–water partition coefficient (Wildman–Crippen LogP) is 3.23. The average Bonchev–Trinajstić information content (AvgIpc) is 2.71. The molecule has 0 radical (unpaired) electrons. The van der Waals surface area contributed by atoms with Gasteiger partial charge in [-0.25, -0.2) is 4.79 Å². The monoisotopic (exact) mass is 515 g/mol. The Morgan fingerprint density at radius 2 is 1.97 bits per heavy atom. The number of fused-ring (bicyclic) bond motifs is 1. The third-order valence-corrected chi connectivity index (χ3v) is 4.77. The van der Waals surface area contributed by atoms with Gasteiger partial charge in [0.2, 0.25) is 11.4 Å². The van der Waals surface area contributed by atoms with Gasteiger partial charge in [0.15, 0.2) is 0 Å². The number of hydrogen-bond donors (Lipinski definition) is 1. The number of alkyl halides is 6. The van der Waals surface area contributed by atoms with E-state index in [9.17, 15) is 36.3 Å². The van der Waals surface area contributed by atoms with Crippen molar-refractivity contribution in [2.24, 2.45) is 5.28 Å². The molecule has 0 amide bonds. The van der Waals surface area contributed by atoms with Crippen LogP contribution < -0.4 is 9.47 Å². The van der Waals surface area contributed by atoms with Gasteiger partial charge in [-0.3, -0.25) is 4.84 Å². The molecule has 16 heteroatoms. The molecule has 2 atom stereocenters. The van der Waals surface area contributed by atoms with Gasteiger partial charge in [0, 0.05) is 12.5 Å². The minimum Gasteiger partial charge on any atom is -0.569 e. The van der Waals surface area contributed by atoms with Crippen LogP contribution in [0.25, 0.3) is 6.08 Å². The lowest BCUT2D eigenvalue weighted by Gasteiger charge is -2.30. The summed E-state index contributed by atoms with van der Waals surface area (Å²) in [5.41, 5.74) is -1.35. The highest BCUT2D eigenvalue weighted by Gasteiger charge is 2.49. The van der Waals surface area contributed by atoms with Gasteiger partial charge in [-0.15, -0.1) is 18.2 Å². The van der Waals surface area contributed by atoms with Gasteiger partial charge in [-0.1, -0.05) is 6.92 Å². The molecular formula is C19H19F6N3O7. The van der Waals surface area contributed by atoms with Crippen molar-refractivity contribution in [1.29, 1.82) is 0 Å². The molecule has 10 nitrogen and oxygen atoms in total. The molecule has 35 heavy (non-hydrogen) atoms. The first-order valence-electron chi connectivity index (χ1n) is 10.0. The van der Waals surface area contributed by atoms with Gasteiger partial charge in [-0.2, -0.15) is 13.2 Å². The van der Waals surface area contributed by atoms with Crippen LogP contribution in [0.1, 0.15) is 25.0 Å². The molecule has 1 aromatic carbocycles. The molecule has 2 aliphatic heterocycles. The molecule has 1 N–H and O–H groups in total. The number of halogens is 6. The van der Waals surface area contributed by atoms with Crippen LogP contribution in [0.5, 0.6) is 11.5 Å². The number of β-amino-alcohol motifs (C(OH)–C–C–N with tert-alkyl or cyclic N) is 1. The summed E-state index contributed by atoms with van der Waals surface area (Å²) in [7, 11) is 0. The van der Waals surface area contributed by atoms with E-state index in [1.165, 1.54) is 6.92 Å². The summed E-state index contributed by atoms with van der Waals surface area (Å²) in [4.78, 5) is 17.1. The van der Waals surface area contributed by atoms with Crippen LogP contribution in [0.2, 0.25) is 0 Å². The van der Waals surface area contributed by atoms with Crippen molar-refractivity contribution in [2.45, 2.75) is 51.3 Å². The zero-order valence-corrected chi connectivity index (χ0v) is 18.1. The Hall–Kier alpha value is -3.43. The van der Waals surface area contributed by atoms with Crippen molar-refractivity contribution in [2.75, 3.05) is 13.1 Å². The van der Waals surface area contributed by atoms with Crippen molar-refractivity contribution in [3.63, 3.8) is 0 Å². The molecule has 3 rings (SSSR count). The smallest absolute Gasteiger partial charge is 0.569 e. The van der Waals surface area contributed by atoms with Gasteiger partial charge in [0.25, 0.3) is 6.29 Å². The number of aryl methyl sites for hydroxylation is 1. The Morgan fingerprint density at radius 1 is 1.31 bits per heavy atom. The SMILES string of the molecule is CCc1cc(OC(F)(F)F)cc2c1O[C@H](C(F)(F)F)C(C(=O)OC(C)O/N=[N+](\[O-])N1CC(O)C1)=C2. The van der Waals surface area contributed by atoms with Crippen molar-refractivity contribution in [1.82, 2.24) is 5.01 Å². The average molecular weight is 515 g/mol. The number of hydrogen-bond acceptors (Lipinski definition) is 8. The third-order valence-electron chi connectivity index (χ3n) is 4.77. The third kappa shape index (κ3) is 6.37. The van der Waals surface area contributed by atoms with Crippen LogP contribution in [-0.2, 0) is 20.8 Å². The normalized spacial score (nSPS) is 19.7. The van der Waals surface area contributed by atoms with Crippen LogP contribution in [0, 0.1) is 5.21 Å². The lowest BCUT2D eigenvalue weighted by molar-refractivity contribution is -0.728. The van der Waals surface area contributed by atoms with E-state index < -0.39 is 48.3 Å². The van der Waals surface area contributed by atoms with E-state index in [0.29, 0.717) is 6.08 Å². The molecule has 2 aliphatic rings. The van der Waals surface area contributed by atoms with Gasteiger partial charge in [0.05, 0.1) is 10.5 Å². The largest absolute Gasteiger partial charge is 0.573 e. The van der Waals surface area contributed by atoms with Crippen LogP contribution in [0.3, 0.4) is 0 Å². The molecule has 1 unspecified atom stereocenters. The first-order valence-corrected chi connectivity index (χ1v) is 10.0. The first-order chi connectivity index (χ1) is 16.2. The molecule has 194 valence electrons. The number of aliphatic hydroxyl groups excluding tert-OH is 1. The number of rotatable bonds is 7. The number of ether oxygens (including phenoxy) is 3. The highest BCUT2D eigenvalue weighted by molar-refractivity contribution is 5.96. The molecule has 1 aromatic rings. The zero-order valence-electron chi connectivity index (χ0n) is 18.1. The van der Waals surface area contributed by atoms with E-state index in [0.717, 1.165) is 24.1 Å². The van der Waals surface area contributed by atoms with Crippen LogP contribution in [-0.4, -0.2) is 65.2 Å². The molecular weight excluding hydrogens is 496 g/mol. The molecule has 0 aliphatic carbocycles. The Balaban J connectivity index is 1.85. The summed E-state index contributed by atoms with van der Waals surface area (Å²) < 4.78 is 92.5. The van der Waals surface area contributed by atoms with Gasteiger partial charge < -0.3 is 24.5 Å². The van der Waals surface area contributed by atoms with Crippen molar-refractivity contribution in [3.8, 4) is 11.5 Å². The second-order valence-corrected chi connectivity index (χ2v) is 7.48. The fourth-order valence-electron chi connectivity index (χ4n) is 3.19. The maximum atomic E-state index is 13.7. The fraction of sp³-hybridized carbons (Fsp3) is 0.526. The standard InChI is InChI=1S/C19H19F6N3O7/c1-3-10-4-13(34-19(23,24)25)5-11-6-14(16(18(20,21)22)33-15(10)11)17(30)32-9(2)35-26-28(31)27-7-12(29)8-27/h4-6,9,12,16,29H,3,7-8H2,1-2H3/b28-26-/t9?,16-/m0/s1. The van der Waals surface area contributed by atoms with E-state index in [1.54, 1.807) is 0 Å². The van der Waals surface area contributed by atoms with Crippen LogP contribution >= 0.6 is 0 Å². The Labute approximate surface area is 193 Å². The number of benzene rings is 1. The van der Waals surface area contributed by atoms with E-state index >= 15 is 0 Å². The number of aliphatic hydroxyl groups is 1. The Morgan fingerprint density at radius 3 is 2.51 bits per heavy atom. The summed E-state index contributed by atoms with van der Waals surface area (Å²) in [5.74, 6) is -2.65. The van der Waals surface area contributed by atoms with Crippen molar-refractivity contribution >= 4 is 12.0 Å². The van der Waals surface area contributed by atoms with Crippen LogP contribution in [0.4, 0.5) is 26.3 Å². The number of nitrogens with zero attached hydrogens (tertiary/aromatic N) is 3. The van der Waals surface area contributed by atoms with E-state index in [4.69, 9.17) is 14.6 Å². The molecule has 0 aromatic heterocycles. The van der Waals surface area contributed by atoms with Crippen LogP contribution in [0.15, 0.2) is 23.0 Å². The summed E-state index contributed by atoms with van der Waals surface area (Å²) in [6.45, 7) is 2.49. The lowest BCUT2D eigenvalue weighted by Crippen LogP contribution is -2.53. The van der Waals surface area contributed by atoms with Crippen molar-refractivity contribution in [3.05, 3.63) is 34.0 Å². The van der Waals surface area contributed by atoms with E-state index in [-0.39, 0.29) is 41.4 Å². The number of esters is 1. The maximum absolute atomic E-state index is 13.7. The summed E-state index contributed by atoms with van der Waals surface area (Å²) in [5, 5.41) is 24.8. The van der Waals surface area contributed by atoms with E-state index in [2.05, 4.69) is 14.9 Å². The van der Waals surface area contributed by atoms with E-state index in [1.807, 2.05) is 0 Å². The molecule has 1 fully saturated rings. The minimum absolute atomic E-state index is 0.00169. The number of carbonyl (C=O) groups is 1. The summed E-state index contributed by atoms with van der Waals surface area (Å²) in [6, 6.07) is 1.66. The first kappa shape index (κ1) is 26.2. The second-order valence-electron chi connectivity index (χ2n) is 7.48. The highest BCUT2D eigenvalue weighted by Crippen LogP contribution is 2.42. The summed E-state index contributed by atoms with van der Waals surface area (Å²) >= 11 is 0. The highest BCUT2D eigenvalue weighted by atomic mass is 19.4. The van der Waals surface area contributed by atoms with Gasteiger partial charge >= 0.3 is 18.5 Å².